The Balaban J connectivity index is 2.41. The Morgan fingerprint density at radius 1 is 1.32 bits per heavy atom. The van der Waals surface area contributed by atoms with Crippen molar-refractivity contribution in [2.24, 2.45) is 0 Å². The van der Waals surface area contributed by atoms with Crippen LogP contribution in [-0.2, 0) is 16.8 Å². The van der Waals surface area contributed by atoms with Crippen molar-refractivity contribution in [3.63, 3.8) is 0 Å². The van der Waals surface area contributed by atoms with E-state index in [0.29, 0.717) is 0 Å². The summed E-state index contributed by atoms with van der Waals surface area (Å²) in [6, 6.07) is 0. The predicted molar refractivity (Wildman–Crippen MR) is 80.4 cm³/mol. The Bertz CT molecular complexity index is 445. The first kappa shape index (κ1) is 14.7. The van der Waals surface area contributed by atoms with E-state index < -0.39 is 0 Å². The van der Waals surface area contributed by atoms with Crippen LogP contribution in [0.1, 0.15) is 51.6 Å². The third-order valence-corrected chi connectivity index (χ3v) is 4.37. The van der Waals surface area contributed by atoms with Gasteiger partial charge in [0.1, 0.15) is 11.4 Å². The van der Waals surface area contributed by atoms with Crippen LogP contribution in [0.15, 0.2) is 4.47 Å². The molecule has 0 saturated carbocycles. The van der Waals surface area contributed by atoms with Gasteiger partial charge in [-0.05, 0) is 55.5 Å². The minimum Gasteiger partial charge on any atom is -0.369 e. The van der Waals surface area contributed by atoms with E-state index in [1.807, 2.05) is 0 Å². The second kappa shape index (κ2) is 6.18. The molecule has 2 rings (SSSR count). The lowest BCUT2D eigenvalue weighted by atomic mass is 9.95. The van der Waals surface area contributed by atoms with Gasteiger partial charge in [0.2, 0.25) is 0 Å². The number of aromatic nitrogens is 2. The zero-order chi connectivity index (χ0) is 13.9. The first-order valence-corrected chi connectivity index (χ1v) is 7.84. The molecular formula is C14H22BrN3O. The maximum atomic E-state index is 5.96. The molecule has 4 nitrogen and oxygen atoms in total. The lowest BCUT2D eigenvalue weighted by molar-refractivity contribution is -0.0761. The normalized spacial score (nSPS) is 23.4. The number of rotatable bonds is 4. The molecule has 5 heteroatoms. The Hall–Kier alpha value is -0.680. The van der Waals surface area contributed by atoms with E-state index in [9.17, 15) is 0 Å². The summed E-state index contributed by atoms with van der Waals surface area (Å²) in [6.07, 6.45) is 4.18. The van der Waals surface area contributed by atoms with Crippen LogP contribution < -0.4 is 5.32 Å². The topological polar surface area (TPSA) is 47.0 Å². The van der Waals surface area contributed by atoms with Gasteiger partial charge >= 0.3 is 0 Å². The minimum atomic E-state index is -0.340. The van der Waals surface area contributed by atoms with Gasteiger partial charge in [0.15, 0.2) is 5.82 Å². The molecule has 1 N–H and O–H groups in total. The molecule has 1 unspecified atom stereocenters. The van der Waals surface area contributed by atoms with Crippen LogP contribution in [0.25, 0.3) is 0 Å². The van der Waals surface area contributed by atoms with E-state index in [2.05, 4.69) is 47.0 Å². The molecule has 0 spiro atoms. The summed E-state index contributed by atoms with van der Waals surface area (Å²) in [5, 5.41) is 3.29. The Morgan fingerprint density at radius 2 is 2.11 bits per heavy atom. The van der Waals surface area contributed by atoms with E-state index in [0.717, 1.165) is 54.2 Å². The van der Waals surface area contributed by atoms with Crippen molar-refractivity contribution in [1.29, 1.82) is 0 Å². The van der Waals surface area contributed by atoms with Crippen molar-refractivity contribution in [3.05, 3.63) is 16.0 Å². The molecule has 2 heterocycles. The summed E-state index contributed by atoms with van der Waals surface area (Å²) < 4.78 is 6.93. The van der Waals surface area contributed by atoms with Crippen LogP contribution in [0.3, 0.4) is 0 Å². The van der Waals surface area contributed by atoms with Gasteiger partial charge in [-0.2, -0.15) is 0 Å². The van der Waals surface area contributed by atoms with Crippen LogP contribution in [0.5, 0.6) is 0 Å². The summed E-state index contributed by atoms with van der Waals surface area (Å²) in [4.78, 5) is 9.38. The maximum Gasteiger partial charge on any atom is 0.162 e. The van der Waals surface area contributed by atoms with E-state index in [1.165, 1.54) is 6.42 Å². The number of aryl methyl sites for hydroxylation is 1. The molecule has 0 bridgehead atoms. The van der Waals surface area contributed by atoms with E-state index >= 15 is 0 Å². The first-order chi connectivity index (χ1) is 9.10. The fourth-order valence-corrected chi connectivity index (χ4v) is 2.96. The van der Waals surface area contributed by atoms with Gasteiger partial charge in [0.05, 0.1) is 10.2 Å². The molecule has 1 atom stereocenters. The highest BCUT2D eigenvalue weighted by Crippen LogP contribution is 2.35. The zero-order valence-corrected chi connectivity index (χ0v) is 13.5. The van der Waals surface area contributed by atoms with Crippen molar-refractivity contribution in [3.8, 4) is 0 Å². The van der Waals surface area contributed by atoms with Crippen molar-refractivity contribution in [2.45, 2.75) is 52.1 Å². The fourth-order valence-electron chi connectivity index (χ4n) is 2.36. The Kier molecular flexibility index (Phi) is 4.79. The van der Waals surface area contributed by atoms with E-state index in [4.69, 9.17) is 9.72 Å². The first-order valence-electron chi connectivity index (χ1n) is 7.05. The third kappa shape index (κ3) is 3.08. The molecule has 0 aromatic carbocycles. The lowest BCUT2D eigenvalue weighted by Gasteiger charge is -2.33. The van der Waals surface area contributed by atoms with Crippen molar-refractivity contribution in [2.75, 3.05) is 18.5 Å². The quantitative estimate of drug-likeness (QED) is 0.916. The number of nitrogens with one attached hydrogen (secondary N) is 1. The monoisotopic (exact) mass is 327 g/mol. The van der Waals surface area contributed by atoms with Crippen LogP contribution >= 0.6 is 15.9 Å². The average molecular weight is 328 g/mol. The third-order valence-electron chi connectivity index (χ3n) is 3.54. The van der Waals surface area contributed by atoms with Crippen molar-refractivity contribution >= 4 is 21.7 Å². The van der Waals surface area contributed by atoms with Crippen LogP contribution in [0.4, 0.5) is 5.82 Å². The number of hydrogen-bond acceptors (Lipinski definition) is 4. The molecule has 1 fully saturated rings. The summed E-state index contributed by atoms with van der Waals surface area (Å²) in [6.45, 7) is 7.92. The standard InChI is InChI=1S/C14H22BrN3O/c1-4-10-11(15)12(16-5-2)18-13(17-10)14(3)8-6-7-9-19-14/h4-9H2,1-3H3,(H,16,17,18). The number of hydrogen-bond donors (Lipinski definition) is 1. The van der Waals surface area contributed by atoms with E-state index in [1.54, 1.807) is 0 Å². The maximum absolute atomic E-state index is 5.96. The summed E-state index contributed by atoms with van der Waals surface area (Å²) in [5.74, 6) is 1.68. The molecule has 1 aliphatic heterocycles. The van der Waals surface area contributed by atoms with Gasteiger partial charge in [0, 0.05) is 13.2 Å². The SMILES string of the molecule is CCNc1nc(C2(C)CCCCO2)nc(CC)c1Br. The van der Waals surface area contributed by atoms with Gasteiger partial charge in [0.25, 0.3) is 0 Å². The van der Waals surface area contributed by atoms with Gasteiger partial charge in [-0.15, -0.1) is 0 Å². The highest BCUT2D eigenvalue weighted by Gasteiger charge is 2.34. The Morgan fingerprint density at radius 3 is 2.68 bits per heavy atom. The van der Waals surface area contributed by atoms with Gasteiger partial charge in [-0.3, -0.25) is 0 Å². The number of halogens is 1. The Labute approximate surface area is 123 Å². The molecule has 1 aliphatic rings. The molecule has 1 aromatic rings. The largest absolute Gasteiger partial charge is 0.369 e. The number of nitrogens with zero attached hydrogens (tertiary/aromatic N) is 2. The zero-order valence-electron chi connectivity index (χ0n) is 11.9. The predicted octanol–water partition coefficient (Wildman–Crippen LogP) is 3.65. The van der Waals surface area contributed by atoms with Crippen LogP contribution in [0, 0.1) is 0 Å². The summed E-state index contributed by atoms with van der Waals surface area (Å²) in [5.41, 5.74) is 0.698. The van der Waals surface area contributed by atoms with Crippen molar-refractivity contribution < 1.29 is 4.74 Å². The van der Waals surface area contributed by atoms with Gasteiger partial charge in [-0.25, -0.2) is 9.97 Å². The molecule has 0 amide bonds. The number of anilines is 1. The highest BCUT2D eigenvalue weighted by molar-refractivity contribution is 9.10. The average Bonchev–Trinajstić information content (AvgIpc) is 2.42. The van der Waals surface area contributed by atoms with Crippen molar-refractivity contribution in [1.82, 2.24) is 9.97 Å². The smallest absolute Gasteiger partial charge is 0.162 e. The molecule has 1 saturated heterocycles. The van der Waals surface area contributed by atoms with Crippen LogP contribution in [0.2, 0.25) is 0 Å². The second-order valence-corrected chi connectivity index (χ2v) is 5.87. The number of ether oxygens (including phenoxy) is 1. The molecule has 19 heavy (non-hydrogen) atoms. The second-order valence-electron chi connectivity index (χ2n) is 5.08. The summed E-state index contributed by atoms with van der Waals surface area (Å²) >= 11 is 3.59. The molecule has 0 aliphatic carbocycles. The van der Waals surface area contributed by atoms with Gasteiger partial charge in [-0.1, -0.05) is 6.92 Å². The highest BCUT2D eigenvalue weighted by atomic mass is 79.9. The van der Waals surface area contributed by atoms with E-state index in [-0.39, 0.29) is 5.60 Å². The molecular weight excluding hydrogens is 306 g/mol. The lowest BCUT2D eigenvalue weighted by Crippen LogP contribution is -2.33. The molecule has 106 valence electrons. The van der Waals surface area contributed by atoms with Crippen LogP contribution in [-0.4, -0.2) is 23.1 Å². The molecule has 1 aromatic heterocycles. The fraction of sp³-hybridized carbons (Fsp3) is 0.714. The van der Waals surface area contributed by atoms with Gasteiger partial charge < -0.3 is 10.1 Å². The minimum absolute atomic E-state index is 0.340. The molecule has 0 radical (unpaired) electrons. The summed E-state index contributed by atoms with van der Waals surface area (Å²) in [7, 11) is 0.